The van der Waals surface area contributed by atoms with Crippen molar-refractivity contribution in [3.8, 4) is 11.5 Å². The fourth-order valence-electron chi connectivity index (χ4n) is 2.79. The van der Waals surface area contributed by atoms with E-state index in [1.807, 2.05) is 24.3 Å². The van der Waals surface area contributed by atoms with E-state index in [0.717, 1.165) is 30.9 Å². The lowest BCUT2D eigenvalue weighted by Crippen LogP contribution is -2.45. The van der Waals surface area contributed by atoms with Gasteiger partial charge >= 0.3 is 0 Å². The molecule has 1 aromatic rings. The first kappa shape index (κ1) is 12.8. The van der Waals surface area contributed by atoms with Gasteiger partial charge in [0.25, 0.3) is 0 Å². The number of piperidine rings is 1. The zero-order valence-corrected chi connectivity index (χ0v) is 11.0. The fourth-order valence-corrected chi connectivity index (χ4v) is 2.79. The number of hydrogen-bond donors (Lipinski definition) is 2. The minimum atomic E-state index is -0.482. The maximum Gasteiger partial charge on any atom is 0.161 e. The van der Waals surface area contributed by atoms with Crippen molar-refractivity contribution in [1.29, 1.82) is 0 Å². The molecule has 1 aromatic carbocycles. The van der Waals surface area contributed by atoms with Gasteiger partial charge in [-0.05, 0) is 37.9 Å². The largest absolute Gasteiger partial charge is 0.486 e. The maximum absolute atomic E-state index is 10.3. The van der Waals surface area contributed by atoms with Gasteiger partial charge in [-0.1, -0.05) is 18.6 Å². The van der Waals surface area contributed by atoms with Crippen LogP contribution in [0.4, 0.5) is 0 Å². The van der Waals surface area contributed by atoms with Crippen LogP contribution < -0.4 is 14.8 Å². The van der Waals surface area contributed by atoms with Gasteiger partial charge in [0.2, 0.25) is 0 Å². The summed E-state index contributed by atoms with van der Waals surface area (Å²) in [6.07, 6.45) is 3.61. The van der Waals surface area contributed by atoms with Crippen LogP contribution in [-0.4, -0.2) is 36.5 Å². The summed E-state index contributed by atoms with van der Waals surface area (Å²) in [5, 5.41) is 13.8. The van der Waals surface area contributed by atoms with Gasteiger partial charge in [-0.15, -0.1) is 0 Å². The van der Waals surface area contributed by atoms with E-state index in [-0.39, 0.29) is 6.10 Å². The van der Waals surface area contributed by atoms with Crippen molar-refractivity contribution in [2.24, 2.45) is 0 Å². The smallest absolute Gasteiger partial charge is 0.161 e. The predicted octanol–water partition coefficient (Wildman–Crippen LogP) is 1.72. The fraction of sp³-hybridized carbons (Fsp3) is 0.600. The van der Waals surface area contributed by atoms with Crippen LogP contribution in [0.3, 0.4) is 0 Å². The van der Waals surface area contributed by atoms with Gasteiger partial charge < -0.3 is 19.9 Å². The van der Waals surface area contributed by atoms with Gasteiger partial charge in [-0.3, -0.25) is 0 Å². The minimum absolute atomic E-state index is 0.265. The van der Waals surface area contributed by atoms with Crippen LogP contribution >= 0.6 is 0 Å². The summed E-state index contributed by atoms with van der Waals surface area (Å²) >= 11 is 0. The SMILES string of the molecule is OC(CC1CCCCN1)C1COc2ccccc2O1. The topological polar surface area (TPSA) is 50.7 Å². The summed E-state index contributed by atoms with van der Waals surface area (Å²) in [4.78, 5) is 0. The Morgan fingerprint density at radius 1 is 1.26 bits per heavy atom. The Balaban J connectivity index is 1.58. The predicted molar refractivity (Wildman–Crippen MR) is 72.6 cm³/mol. The highest BCUT2D eigenvalue weighted by Crippen LogP contribution is 2.32. The molecule has 3 unspecified atom stereocenters. The quantitative estimate of drug-likeness (QED) is 0.872. The van der Waals surface area contributed by atoms with Crippen LogP contribution in [0, 0.1) is 0 Å². The Kier molecular flexibility index (Phi) is 3.89. The molecule has 4 heteroatoms. The molecule has 1 fully saturated rings. The molecule has 3 atom stereocenters. The number of aliphatic hydroxyl groups is 1. The van der Waals surface area contributed by atoms with Crippen LogP contribution in [0.15, 0.2) is 24.3 Å². The molecule has 104 valence electrons. The lowest BCUT2D eigenvalue weighted by Gasteiger charge is -2.32. The van der Waals surface area contributed by atoms with Crippen molar-refractivity contribution in [3.63, 3.8) is 0 Å². The molecule has 2 heterocycles. The normalized spacial score (nSPS) is 27.8. The van der Waals surface area contributed by atoms with Gasteiger partial charge in [0.05, 0.1) is 6.10 Å². The van der Waals surface area contributed by atoms with Crippen LogP contribution in [0.25, 0.3) is 0 Å². The molecule has 1 saturated heterocycles. The third-order valence-electron chi connectivity index (χ3n) is 3.90. The molecule has 4 nitrogen and oxygen atoms in total. The van der Waals surface area contributed by atoms with Crippen molar-refractivity contribution in [1.82, 2.24) is 5.32 Å². The molecule has 0 spiro atoms. The van der Waals surface area contributed by atoms with E-state index in [4.69, 9.17) is 9.47 Å². The first-order valence-electron chi connectivity index (χ1n) is 7.13. The standard InChI is InChI=1S/C15H21NO3/c17-12(9-11-5-3-4-8-16-11)15-10-18-13-6-1-2-7-14(13)19-15/h1-2,6-7,11-12,15-17H,3-5,8-10H2. The number of benzene rings is 1. The molecular formula is C15H21NO3. The first-order valence-corrected chi connectivity index (χ1v) is 7.13. The maximum atomic E-state index is 10.3. The van der Waals surface area contributed by atoms with Gasteiger partial charge in [0.15, 0.2) is 17.6 Å². The van der Waals surface area contributed by atoms with Crippen LogP contribution in [0.1, 0.15) is 25.7 Å². The second kappa shape index (κ2) is 5.80. The number of nitrogens with one attached hydrogen (secondary N) is 1. The Bertz CT molecular complexity index is 418. The number of ether oxygens (including phenoxy) is 2. The van der Waals surface area contributed by atoms with E-state index < -0.39 is 6.10 Å². The van der Waals surface area contributed by atoms with Gasteiger partial charge in [-0.2, -0.15) is 0 Å². The van der Waals surface area contributed by atoms with E-state index in [0.29, 0.717) is 12.6 Å². The van der Waals surface area contributed by atoms with E-state index in [2.05, 4.69) is 5.32 Å². The molecule has 3 rings (SSSR count). The number of para-hydroxylation sites is 2. The Morgan fingerprint density at radius 3 is 2.89 bits per heavy atom. The zero-order chi connectivity index (χ0) is 13.1. The molecular weight excluding hydrogens is 242 g/mol. The average molecular weight is 263 g/mol. The number of rotatable bonds is 3. The number of hydrogen-bond acceptors (Lipinski definition) is 4. The molecule has 0 bridgehead atoms. The van der Waals surface area contributed by atoms with Crippen LogP contribution in [-0.2, 0) is 0 Å². The lowest BCUT2D eigenvalue weighted by molar-refractivity contribution is -0.0189. The summed E-state index contributed by atoms with van der Waals surface area (Å²) in [5.74, 6) is 1.50. The summed E-state index contributed by atoms with van der Waals surface area (Å²) < 4.78 is 11.5. The van der Waals surface area contributed by atoms with E-state index in [9.17, 15) is 5.11 Å². The molecule has 0 aromatic heterocycles. The molecule has 0 radical (unpaired) electrons. The summed E-state index contributed by atoms with van der Waals surface area (Å²) in [5.41, 5.74) is 0. The monoisotopic (exact) mass is 263 g/mol. The van der Waals surface area contributed by atoms with E-state index in [1.54, 1.807) is 0 Å². The zero-order valence-electron chi connectivity index (χ0n) is 11.0. The van der Waals surface area contributed by atoms with Gasteiger partial charge in [0.1, 0.15) is 6.61 Å². The van der Waals surface area contributed by atoms with Crippen LogP contribution in [0.5, 0.6) is 11.5 Å². The van der Waals surface area contributed by atoms with Crippen molar-refractivity contribution in [2.45, 2.75) is 43.9 Å². The summed E-state index contributed by atoms with van der Waals surface area (Å²) in [7, 11) is 0. The highest BCUT2D eigenvalue weighted by Gasteiger charge is 2.29. The third-order valence-corrected chi connectivity index (χ3v) is 3.90. The van der Waals surface area contributed by atoms with E-state index in [1.165, 1.54) is 12.8 Å². The van der Waals surface area contributed by atoms with Crippen molar-refractivity contribution < 1.29 is 14.6 Å². The Morgan fingerprint density at radius 2 is 2.11 bits per heavy atom. The van der Waals surface area contributed by atoms with Crippen molar-refractivity contribution >= 4 is 0 Å². The highest BCUT2D eigenvalue weighted by atomic mass is 16.6. The molecule has 2 N–H and O–H groups in total. The molecule has 2 aliphatic rings. The molecule has 2 aliphatic heterocycles. The lowest BCUT2D eigenvalue weighted by atomic mass is 9.97. The molecule has 0 amide bonds. The number of aliphatic hydroxyl groups excluding tert-OH is 1. The van der Waals surface area contributed by atoms with Crippen LogP contribution in [0.2, 0.25) is 0 Å². The number of fused-ring (bicyclic) bond motifs is 1. The Labute approximate surface area is 113 Å². The third kappa shape index (κ3) is 3.01. The highest BCUT2D eigenvalue weighted by molar-refractivity contribution is 5.40. The summed E-state index contributed by atoms with van der Waals surface area (Å²) in [6, 6.07) is 8.02. The second-order valence-corrected chi connectivity index (χ2v) is 5.36. The van der Waals surface area contributed by atoms with Gasteiger partial charge in [-0.25, -0.2) is 0 Å². The molecule has 19 heavy (non-hydrogen) atoms. The van der Waals surface area contributed by atoms with E-state index >= 15 is 0 Å². The van der Waals surface area contributed by atoms with Crippen molar-refractivity contribution in [2.75, 3.05) is 13.2 Å². The first-order chi connectivity index (χ1) is 9.33. The van der Waals surface area contributed by atoms with Crippen molar-refractivity contribution in [3.05, 3.63) is 24.3 Å². The van der Waals surface area contributed by atoms with Gasteiger partial charge in [0, 0.05) is 6.04 Å². The Hall–Kier alpha value is -1.26. The average Bonchev–Trinajstić information content (AvgIpc) is 2.48. The minimum Gasteiger partial charge on any atom is -0.486 e. The summed E-state index contributed by atoms with van der Waals surface area (Å²) in [6.45, 7) is 1.48. The molecule has 0 aliphatic carbocycles. The second-order valence-electron chi connectivity index (χ2n) is 5.36. The molecule has 0 saturated carbocycles.